The van der Waals surface area contributed by atoms with Gasteiger partial charge < -0.3 is 15.0 Å². The largest absolute Gasteiger partial charge is 0.370 e. The van der Waals surface area contributed by atoms with Crippen molar-refractivity contribution < 1.29 is 4.74 Å². The van der Waals surface area contributed by atoms with Crippen LogP contribution in [0.5, 0.6) is 0 Å². The molecule has 4 rings (SSSR count). The number of likely N-dealkylation sites (tertiary alicyclic amines) is 1. The molecule has 3 heterocycles. The first-order valence-electron chi connectivity index (χ1n) is 11.0. The summed E-state index contributed by atoms with van der Waals surface area (Å²) in [5, 5.41) is 7.92. The summed E-state index contributed by atoms with van der Waals surface area (Å²) < 4.78 is 7.81. The minimum atomic E-state index is 0.0406. The van der Waals surface area contributed by atoms with E-state index in [2.05, 4.69) is 62.5 Å². The number of aliphatic imine (C=N–C) groups is 1. The molecule has 0 spiro atoms. The minimum absolute atomic E-state index is 0.0406. The molecule has 3 atom stereocenters. The molecule has 2 aromatic rings. The van der Waals surface area contributed by atoms with E-state index in [1.54, 1.807) is 0 Å². The monoisotopic (exact) mass is 410 g/mol. The van der Waals surface area contributed by atoms with E-state index >= 15 is 0 Å². The maximum absolute atomic E-state index is 5.98. The van der Waals surface area contributed by atoms with Crippen LogP contribution < -0.4 is 5.32 Å². The fourth-order valence-corrected chi connectivity index (χ4v) is 4.62. The first kappa shape index (κ1) is 20.9. The molecule has 0 amide bonds. The van der Waals surface area contributed by atoms with Crippen molar-refractivity contribution in [1.82, 2.24) is 24.9 Å². The molecular formula is C23H34N6O. The SMILES string of the molecule is CN=C(NCC1CC(C)N(Cc2ccccc2)C1)N1CCOC(c2cnn(C)c2)C1. The number of rotatable bonds is 5. The van der Waals surface area contributed by atoms with Gasteiger partial charge in [-0.3, -0.25) is 14.6 Å². The second kappa shape index (κ2) is 9.62. The number of hydrogen-bond donors (Lipinski definition) is 1. The highest BCUT2D eigenvalue weighted by Gasteiger charge is 2.30. The van der Waals surface area contributed by atoms with Crippen LogP contribution in [0.3, 0.4) is 0 Å². The third kappa shape index (κ3) is 5.02. The Morgan fingerprint density at radius 3 is 2.83 bits per heavy atom. The van der Waals surface area contributed by atoms with Crippen molar-refractivity contribution in [1.29, 1.82) is 0 Å². The van der Waals surface area contributed by atoms with Crippen molar-refractivity contribution in [2.75, 3.05) is 39.8 Å². The van der Waals surface area contributed by atoms with E-state index in [0.717, 1.165) is 44.2 Å². The van der Waals surface area contributed by atoms with Gasteiger partial charge in [-0.15, -0.1) is 0 Å². The first-order chi connectivity index (χ1) is 14.6. The van der Waals surface area contributed by atoms with Crippen molar-refractivity contribution in [3.8, 4) is 0 Å². The maximum atomic E-state index is 5.98. The van der Waals surface area contributed by atoms with E-state index in [9.17, 15) is 0 Å². The first-order valence-corrected chi connectivity index (χ1v) is 11.0. The van der Waals surface area contributed by atoms with E-state index in [0.29, 0.717) is 18.6 Å². The fraction of sp³-hybridized carbons (Fsp3) is 0.565. The second-order valence-corrected chi connectivity index (χ2v) is 8.55. The van der Waals surface area contributed by atoms with Gasteiger partial charge in [0, 0.05) is 58.1 Å². The Bertz CT molecular complexity index is 835. The highest BCUT2D eigenvalue weighted by Crippen LogP contribution is 2.25. The predicted molar refractivity (Wildman–Crippen MR) is 119 cm³/mol. The number of ether oxygens (including phenoxy) is 1. The number of aryl methyl sites for hydroxylation is 1. The van der Waals surface area contributed by atoms with Crippen LogP contribution in [0.15, 0.2) is 47.7 Å². The molecular weight excluding hydrogens is 376 g/mol. The number of morpholine rings is 1. The zero-order valence-corrected chi connectivity index (χ0v) is 18.4. The lowest BCUT2D eigenvalue weighted by atomic mass is 10.1. The molecule has 1 N–H and O–H groups in total. The molecule has 2 saturated heterocycles. The molecule has 30 heavy (non-hydrogen) atoms. The highest BCUT2D eigenvalue weighted by atomic mass is 16.5. The van der Waals surface area contributed by atoms with Gasteiger partial charge in [-0.25, -0.2) is 0 Å². The number of benzene rings is 1. The lowest BCUT2D eigenvalue weighted by Gasteiger charge is -2.35. The van der Waals surface area contributed by atoms with Crippen LogP contribution >= 0.6 is 0 Å². The Labute approximate surface area is 179 Å². The van der Waals surface area contributed by atoms with E-state index < -0.39 is 0 Å². The van der Waals surface area contributed by atoms with Crippen molar-refractivity contribution in [3.05, 3.63) is 53.9 Å². The van der Waals surface area contributed by atoms with Crippen molar-refractivity contribution >= 4 is 5.96 Å². The van der Waals surface area contributed by atoms with Gasteiger partial charge in [-0.2, -0.15) is 5.10 Å². The molecule has 2 fully saturated rings. The third-order valence-corrected chi connectivity index (χ3v) is 6.24. The van der Waals surface area contributed by atoms with Gasteiger partial charge in [0.05, 0.1) is 19.3 Å². The van der Waals surface area contributed by atoms with Gasteiger partial charge in [-0.05, 0) is 24.8 Å². The topological polar surface area (TPSA) is 57.9 Å². The van der Waals surface area contributed by atoms with Crippen molar-refractivity contribution in [3.63, 3.8) is 0 Å². The maximum Gasteiger partial charge on any atom is 0.193 e. The molecule has 1 aromatic carbocycles. The zero-order chi connectivity index (χ0) is 20.9. The summed E-state index contributed by atoms with van der Waals surface area (Å²) in [6, 6.07) is 11.4. The summed E-state index contributed by atoms with van der Waals surface area (Å²) in [7, 11) is 3.81. The van der Waals surface area contributed by atoms with Gasteiger partial charge in [0.25, 0.3) is 0 Å². The van der Waals surface area contributed by atoms with Crippen LogP contribution in [0, 0.1) is 5.92 Å². The molecule has 3 unspecified atom stereocenters. The van der Waals surface area contributed by atoms with Gasteiger partial charge in [0.2, 0.25) is 0 Å². The summed E-state index contributed by atoms with van der Waals surface area (Å²) in [6.07, 6.45) is 5.19. The molecule has 0 aliphatic carbocycles. The average molecular weight is 411 g/mol. The lowest BCUT2D eigenvalue weighted by Crippen LogP contribution is -2.49. The van der Waals surface area contributed by atoms with Crippen molar-refractivity contribution in [2.45, 2.75) is 32.0 Å². The second-order valence-electron chi connectivity index (χ2n) is 8.55. The number of nitrogens with one attached hydrogen (secondary N) is 1. The quantitative estimate of drug-likeness (QED) is 0.605. The molecule has 0 saturated carbocycles. The van der Waals surface area contributed by atoms with Crippen LogP contribution in [-0.2, 0) is 18.3 Å². The molecule has 2 aliphatic heterocycles. The molecule has 162 valence electrons. The lowest BCUT2D eigenvalue weighted by molar-refractivity contribution is -0.00807. The number of hydrogen-bond acceptors (Lipinski definition) is 4. The van der Waals surface area contributed by atoms with Crippen LogP contribution in [0.4, 0.5) is 0 Å². The highest BCUT2D eigenvalue weighted by molar-refractivity contribution is 5.80. The van der Waals surface area contributed by atoms with Crippen LogP contribution in [0.1, 0.15) is 30.6 Å². The molecule has 0 bridgehead atoms. The fourth-order valence-electron chi connectivity index (χ4n) is 4.62. The van der Waals surface area contributed by atoms with Gasteiger partial charge in [-0.1, -0.05) is 30.3 Å². The standard InChI is InChI=1S/C23H34N6O/c1-18-11-20(15-29(18)14-19-7-5-4-6-8-19)12-25-23(24-2)28-9-10-30-22(17-28)21-13-26-27(3)16-21/h4-8,13,16,18,20,22H,9-12,14-15,17H2,1-3H3,(H,24,25). The number of guanidine groups is 1. The van der Waals surface area contributed by atoms with E-state index in [1.165, 1.54) is 12.0 Å². The molecule has 0 radical (unpaired) electrons. The van der Waals surface area contributed by atoms with Gasteiger partial charge in [0.15, 0.2) is 5.96 Å². The molecule has 2 aliphatic rings. The Kier molecular flexibility index (Phi) is 6.69. The van der Waals surface area contributed by atoms with Crippen LogP contribution in [0.25, 0.3) is 0 Å². The summed E-state index contributed by atoms with van der Waals surface area (Å²) >= 11 is 0. The Hall–Kier alpha value is -2.38. The number of nitrogens with zero attached hydrogens (tertiary/aromatic N) is 5. The normalized spacial score (nSPS) is 25.6. The average Bonchev–Trinajstić information content (AvgIpc) is 3.35. The van der Waals surface area contributed by atoms with Crippen molar-refractivity contribution in [2.24, 2.45) is 18.0 Å². The Balaban J connectivity index is 1.29. The van der Waals surface area contributed by atoms with Crippen LogP contribution in [0.2, 0.25) is 0 Å². The summed E-state index contributed by atoms with van der Waals surface area (Å²) in [5.41, 5.74) is 2.52. The van der Waals surface area contributed by atoms with E-state index in [-0.39, 0.29) is 6.10 Å². The Morgan fingerprint density at radius 1 is 1.27 bits per heavy atom. The summed E-state index contributed by atoms with van der Waals surface area (Å²) in [6.45, 7) is 7.82. The minimum Gasteiger partial charge on any atom is -0.370 e. The zero-order valence-electron chi connectivity index (χ0n) is 18.4. The molecule has 7 heteroatoms. The van der Waals surface area contributed by atoms with Gasteiger partial charge >= 0.3 is 0 Å². The van der Waals surface area contributed by atoms with Crippen LogP contribution in [-0.4, -0.2) is 71.4 Å². The molecule has 7 nitrogen and oxygen atoms in total. The Morgan fingerprint density at radius 2 is 2.10 bits per heavy atom. The third-order valence-electron chi connectivity index (χ3n) is 6.24. The summed E-state index contributed by atoms with van der Waals surface area (Å²) in [5.74, 6) is 1.61. The smallest absolute Gasteiger partial charge is 0.193 e. The predicted octanol–water partition coefficient (Wildman–Crippen LogP) is 2.28. The van der Waals surface area contributed by atoms with E-state index in [4.69, 9.17) is 4.74 Å². The number of aromatic nitrogens is 2. The summed E-state index contributed by atoms with van der Waals surface area (Å²) in [4.78, 5) is 9.45. The van der Waals surface area contributed by atoms with Gasteiger partial charge in [0.1, 0.15) is 6.10 Å². The van der Waals surface area contributed by atoms with E-state index in [1.807, 2.05) is 31.2 Å². The molecule has 1 aromatic heterocycles.